The van der Waals surface area contributed by atoms with Crippen molar-refractivity contribution < 1.29 is 14.3 Å². The van der Waals surface area contributed by atoms with Gasteiger partial charge in [-0.2, -0.15) is 0 Å². The Kier molecular flexibility index (Phi) is 6.35. The van der Waals surface area contributed by atoms with Gasteiger partial charge in [-0.05, 0) is 55.4 Å². The standard InChI is InChI=1S/C27H32N2O3/c1-19(2)32-26(31)28-18-24(30)29-16-13-21(14-17-29)25-23-10-5-4-8-20(23)11-12-22-9-6-7-15-27(22,25)3/h4-12,19H,13-18H2,1-3H3,(H,28,31). The van der Waals surface area contributed by atoms with Crippen LogP contribution < -0.4 is 5.32 Å². The maximum Gasteiger partial charge on any atom is 0.407 e. The molecule has 4 rings (SSSR count). The highest BCUT2D eigenvalue weighted by Crippen LogP contribution is 2.52. The lowest BCUT2D eigenvalue weighted by molar-refractivity contribution is -0.130. The summed E-state index contributed by atoms with van der Waals surface area (Å²) in [5.74, 6) is -0.0647. The molecule has 168 valence electrons. The van der Waals surface area contributed by atoms with Crippen molar-refractivity contribution in [2.75, 3.05) is 19.6 Å². The van der Waals surface area contributed by atoms with Crippen molar-refractivity contribution in [2.24, 2.45) is 5.41 Å². The number of allylic oxidation sites excluding steroid dienone is 6. The number of amides is 2. The quantitative estimate of drug-likeness (QED) is 0.721. The number of nitrogens with zero attached hydrogens (tertiary/aromatic N) is 1. The SMILES string of the molecule is CC(C)OC(=O)NCC(=O)N1CCC(=C2c3ccccc3C=CC3=CC=CCC32C)CC1. The fraction of sp³-hybridized carbons (Fsp3) is 0.407. The van der Waals surface area contributed by atoms with Crippen molar-refractivity contribution in [3.8, 4) is 0 Å². The van der Waals surface area contributed by atoms with Gasteiger partial charge in [-0.15, -0.1) is 0 Å². The summed E-state index contributed by atoms with van der Waals surface area (Å²) in [7, 11) is 0. The van der Waals surface area contributed by atoms with Crippen molar-refractivity contribution >= 4 is 23.6 Å². The van der Waals surface area contributed by atoms with Crippen LogP contribution in [-0.4, -0.2) is 42.6 Å². The number of rotatable bonds is 3. The molecule has 1 unspecified atom stereocenters. The Bertz CT molecular complexity index is 1020. The summed E-state index contributed by atoms with van der Waals surface area (Å²) in [5, 5.41) is 2.56. The molecule has 1 saturated heterocycles. The van der Waals surface area contributed by atoms with Gasteiger partial charge >= 0.3 is 6.09 Å². The van der Waals surface area contributed by atoms with E-state index in [-0.39, 0.29) is 24.0 Å². The number of nitrogens with one attached hydrogen (secondary N) is 1. The number of fused-ring (bicyclic) bond motifs is 2. The molecule has 0 bridgehead atoms. The van der Waals surface area contributed by atoms with Crippen molar-refractivity contribution in [3.05, 3.63) is 70.8 Å². The van der Waals surface area contributed by atoms with E-state index in [4.69, 9.17) is 4.74 Å². The zero-order valence-corrected chi connectivity index (χ0v) is 19.2. The average Bonchev–Trinajstić information content (AvgIpc) is 2.91. The molecule has 0 radical (unpaired) electrons. The maximum absolute atomic E-state index is 12.6. The van der Waals surface area contributed by atoms with Gasteiger partial charge in [0.05, 0.1) is 6.10 Å². The topological polar surface area (TPSA) is 58.6 Å². The van der Waals surface area contributed by atoms with Crippen LogP contribution in [0.25, 0.3) is 11.6 Å². The first-order valence-electron chi connectivity index (χ1n) is 11.5. The summed E-state index contributed by atoms with van der Waals surface area (Å²) in [6, 6.07) is 8.62. The fourth-order valence-corrected chi connectivity index (χ4v) is 4.98. The Balaban J connectivity index is 1.54. The van der Waals surface area contributed by atoms with E-state index in [2.05, 4.69) is 66.9 Å². The van der Waals surface area contributed by atoms with Crippen LogP contribution in [0, 0.1) is 5.41 Å². The normalized spacial score (nSPS) is 22.1. The first-order valence-corrected chi connectivity index (χ1v) is 11.5. The van der Waals surface area contributed by atoms with Crippen LogP contribution in [0.15, 0.2) is 59.7 Å². The molecule has 2 aliphatic carbocycles. The number of carbonyl (C=O) groups excluding carboxylic acids is 2. The van der Waals surface area contributed by atoms with Crippen LogP contribution in [-0.2, 0) is 9.53 Å². The van der Waals surface area contributed by atoms with E-state index in [1.165, 1.54) is 27.8 Å². The zero-order chi connectivity index (χ0) is 22.7. The van der Waals surface area contributed by atoms with Gasteiger partial charge in [0.2, 0.25) is 5.91 Å². The molecule has 1 aromatic carbocycles. The lowest BCUT2D eigenvalue weighted by Gasteiger charge is -2.39. The van der Waals surface area contributed by atoms with Crippen LogP contribution in [0.2, 0.25) is 0 Å². The van der Waals surface area contributed by atoms with Gasteiger partial charge < -0.3 is 15.0 Å². The predicted molar refractivity (Wildman–Crippen MR) is 128 cm³/mol. The molecule has 0 spiro atoms. The molecule has 0 saturated carbocycles. The lowest BCUT2D eigenvalue weighted by atomic mass is 9.67. The number of piperidine rings is 1. The van der Waals surface area contributed by atoms with Crippen molar-refractivity contribution in [1.29, 1.82) is 0 Å². The van der Waals surface area contributed by atoms with Crippen LogP contribution in [0.5, 0.6) is 0 Å². The Morgan fingerprint density at radius 3 is 2.66 bits per heavy atom. The Morgan fingerprint density at radius 2 is 1.91 bits per heavy atom. The summed E-state index contributed by atoms with van der Waals surface area (Å²) in [4.78, 5) is 26.2. The minimum atomic E-state index is -0.548. The Hall–Kier alpha value is -3.08. The molecule has 5 heteroatoms. The first kappa shape index (κ1) is 22.1. The number of hydrogen-bond donors (Lipinski definition) is 1. The average molecular weight is 433 g/mol. The van der Waals surface area contributed by atoms with E-state index in [1.807, 2.05) is 4.90 Å². The first-order chi connectivity index (χ1) is 15.4. The fourth-order valence-electron chi connectivity index (χ4n) is 4.98. The molecule has 2 amide bonds. The third kappa shape index (κ3) is 4.43. The number of benzene rings is 1. The van der Waals surface area contributed by atoms with Gasteiger partial charge in [0.25, 0.3) is 0 Å². The van der Waals surface area contributed by atoms with Gasteiger partial charge in [-0.25, -0.2) is 4.79 Å². The Morgan fingerprint density at radius 1 is 1.16 bits per heavy atom. The molecule has 5 nitrogen and oxygen atoms in total. The molecule has 3 aliphatic rings. The summed E-state index contributed by atoms with van der Waals surface area (Å²) < 4.78 is 5.05. The minimum Gasteiger partial charge on any atom is -0.447 e. The second-order valence-electron chi connectivity index (χ2n) is 9.17. The van der Waals surface area contributed by atoms with E-state index in [9.17, 15) is 9.59 Å². The van der Waals surface area contributed by atoms with E-state index in [0.29, 0.717) is 13.1 Å². The Labute approximate surface area is 190 Å². The van der Waals surface area contributed by atoms with E-state index >= 15 is 0 Å². The molecular weight excluding hydrogens is 400 g/mol. The summed E-state index contributed by atoms with van der Waals surface area (Å²) >= 11 is 0. The second kappa shape index (κ2) is 9.19. The van der Waals surface area contributed by atoms with Gasteiger partial charge in [-0.3, -0.25) is 4.79 Å². The number of carbonyl (C=O) groups is 2. The van der Waals surface area contributed by atoms with E-state index < -0.39 is 6.09 Å². The molecule has 0 aromatic heterocycles. The molecule has 1 N–H and O–H groups in total. The van der Waals surface area contributed by atoms with Gasteiger partial charge in [0.15, 0.2) is 0 Å². The molecule has 32 heavy (non-hydrogen) atoms. The number of ether oxygens (including phenoxy) is 1. The van der Waals surface area contributed by atoms with Gasteiger partial charge in [-0.1, -0.05) is 67.1 Å². The summed E-state index contributed by atoms with van der Waals surface area (Å²) in [6.45, 7) is 7.22. The number of alkyl carbamates (subject to hydrolysis) is 1. The molecule has 1 aliphatic heterocycles. The zero-order valence-electron chi connectivity index (χ0n) is 19.2. The third-order valence-electron chi connectivity index (χ3n) is 6.60. The highest BCUT2D eigenvalue weighted by Gasteiger charge is 2.37. The second-order valence-corrected chi connectivity index (χ2v) is 9.17. The maximum atomic E-state index is 12.6. The highest BCUT2D eigenvalue weighted by atomic mass is 16.6. The monoisotopic (exact) mass is 432 g/mol. The van der Waals surface area contributed by atoms with Crippen molar-refractivity contribution in [1.82, 2.24) is 10.2 Å². The highest BCUT2D eigenvalue weighted by molar-refractivity contribution is 5.86. The van der Waals surface area contributed by atoms with Crippen LogP contribution >= 0.6 is 0 Å². The number of likely N-dealkylation sites (tertiary alicyclic amines) is 1. The van der Waals surface area contributed by atoms with Crippen LogP contribution in [0.1, 0.15) is 51.2 Å². The molecular formula is C27H32N2O3. The molecule has 1 fully saturated rings. The van der Waals surface area contributed by atoms with Crippen LogP contribution in [0.4, 0.5) is 4.79 Å². The van der Waals surface area contributed by atoms with E-state index in [0.717, 1.165) is 19.3 Å². The van der Waals surface area contributed by atoms with Crippen LogP contribution in [0.3, 0.4) is 0 Å². The predicted octanol–water partition coefficient (Wildman–Crippen LogP) is 5.12. The van der Waals surface area contributed by atoms with Crippen molar-refractivity contribution in [3.63, 3.8) is 0 Å². The minimum absolute atomic E-state index is 0.0282. The number of hydrogen-bond acceptors (Lipinski definition) is 3. The third-order valence-corrected chi connectivity index (χ3v) is 6.60. The smallest absolute Gasteiger partial charge is 0.407 e. The summed E-state index contributed by atoms with van der Waals surface area (Å²) in [5.41, 5.74) is 6.67. The van der Waals surface area contributed by atoms with E-state index in [1.54, 1.807) is 13.8 Å². The lowest BCUT2D eigenvalue weighted by Crippen LogP contribution is -2.43. The van der Waals surface area contributed by atoms with Gasteiger partial charge in [0.1, 0.15) is 6.54 Å². The van der Waals surface area contributed by atoms with Gasteiger partial charge in [0, 0.05) is 18.5 Å². The summed E-state index contributed by atoms with van der Waals surface area (Å²) in [6.07, 6.45) is 13.0. The van der Waals surface area contributed by atoms with Crippen molar-refractivity contribution in [2.45, 2.75) is 46.1 Å². The molecule has 1 aromatic rings. The molecule has 1 atom stereocenters. The largest absolute Gasteiger partial charge is 0.447 e. The molecule has 1 heterocycles.